The molecule has 1 atom stereocenters. The topological polar surface area (TPSA) is 80.3 Å². The number of carbonyl (C=O) groups is 2. The highest BCUT2D eigenvalue weighted by molar-refractivity contribution is 5.99. The first-order valence-corrected chi connectivity index (χ1v) is 8.89. The molecular weight excluding hydrogens is 330 g/mol. The fourth-order valence-corrected chi connectivity index (χ4v) is 2.87. The highest BCUT2D eigenvalue weighted by Gasteiger charge is 2.17. The highest BCUT2D eigenvalue weighted by atomic mass is 16.5. The third-order valence-corrected chi connectivity index (χ3v) is 4.32. The molecular formula is C20H23N3O3. The fourth-order valence-electron chi connectivity index (χ4n) is 2.87. The second-order valence-electron chi connectivity index (χ2n) is 6.30. The first kappa shape index (κ1) is 18.1. The molecule has 2 N–H and O–H groups in total. The molecule has 26 heavy (non-hydrogen) atoms. The molecule has 1 aromatic heterocycles. The van der Waals surface area contributed by atoms with Gasteiger partial charge in [-0.05, 0) is 30.9 Å². The van der Waals surface area contributed by atoms with Crippen LogP contribution in [-0.2, 0) is 11.2 Å². The zero-order valence-electron chi connectivity index (χ0n) is 14.6. The summed E-state index contributed by atoms with van der Waals surface area (Å²) in [6.07, 6.45) is 5.75. The lowest BCUT2D eigenvalue weighted by molar-refractivity contribution is 0.0857. The van der Waals surface area contributed by atoms with Crippen LogP contribution in [-0.4, -0.2) is 42.6 Å². The van der Waals surface area contributed by atoms with E-state index in [1.54, 1.807) is 6.07 Å². The minimum Gasteiger partial charge on any atom is -0.376 e. The number of benzene rings is 1. The van der Waals surface area contributed by atoms with Crippen molar-refractivity contribution in [3.05, 3.63) is 65.5 Å². The molecule has 0 spiro atoms. The number of aromatic nitrogens is 1. The molecule has 3 rings (SSSR count). The van der Waals surface area contributed by atoms with E-state index in [1.165, 1.54) is 12.4 Å². The maximum absolute atomic E-state index is 12.3. The van der Waals surface area contributed by atoms with Crippen molar-refractivity contribution in [3.63, 3.8) is 0 Å². The van der Waals surface area contributed by atoms with Crippen LogP contribution in [0.25, 0.3) is 0 Å². The Bertz CT molecular complexity index is 743. The Balaban J connectivity index is 1.50. The molecule has 2 heterocycles. The Morgan fingerprint density at radius 1 is 1.08 bits per heavy atom. The van der Waals surface area contributed by atoms with Gasteiger partial charge >= 0.3 is 0 Å². The maximum Gasteiger partial charge on any atom is 0.252 e. The SMILES string of the molecule is O=C(NCCc1ccccc1)c1cncc(C(=O)NCC2CCCO2)c1. The monoisotopic (exact) mass is 353 g/mol. The third kappa shape index (κ3) is 5.13. The lowest BCUT2D eigenvalue weighted by Crippen LogP contribution is -2.32. The summed E-state index contributed by atoms with van der Waals surface area (Å²) in [6.45, 7) is 1.76. The van der Waals surface area contributed by atoms with Gasteiger partial charge in [0.1, 0.15) is 0 Å². The van der Waals surface area contributed by atoms with Crippen LogP contribution in [0.5, 0.6) is 0 Å². The zero-order chi connectivity index (χ0) is 18.2. The number of hydrogen-bond acceptors (Lipinski definition) is 4. The summed E-state index contributed by atoms with van der Waals surface area (Å²) in [7, 11) is 0. The predicted octanol–water partition coefficient (Wildman–Crippen LogP) is 1.96. The number of amides is 2. The van der Waals surface area contributed by atoms with Crippen LogP contribution < -0.4 is 10.6 Å². The molecule has 2 aromatic rings. The van der Waals surface area contributed by atoms with Crippen molar-refractivity contribution in [2.24, 2.45) is 0 Å². The molecule has 1 saturated heterocycles. The maximum atomic E-state index is 12.3. The number of nitrogens with one attached hydrogen (secondary N) is 2. The lowest BCUT2D eigenvalue weighted by atomic mass is 10.1. The second-order valence-corrected chi connectivity index (χ2v) is 6.30. The van der Waals surface area contributed by atoms with E-state index in [0.29, 0.717) is 24.2 Å². The average molecular weight is 353 g/mol. The molecule has 1 fully saturated rings. The van der Waals surface area contributed by atoms with Crippen molar-refractivity contribution in [2.45, 2.75) is 25.4 Å². The van der Waals surface area contributed by atoms with Crippen molar-refractivity contribution in [2.75, 3.05) is 19.7 Å². The van der Waals surface area contributed by atoms with Crippen LogP contribution in [0.2, 0.25) is 0 Å². The molecule has 6 nitrogen and oxygen atoms in total. The first-order chi connectivity index (χ1) is 12.7. The summed E-state index contributed by atoms with van der Waals surface area (Å²) in [6, 6.07) is 11.5. The number of hydrogen-bond donors (Lipinski definition) is 2. The van der Waals surface area contributed by atoms with E-state index in [9.17, 15) is 9.59 Å². The van der Waals surface area contributed by atoms with Gasteiger partial charge in [0.2, 0.25) is 0 Å². The van der Waals surface area contributed by atoms with Gasteiger partial charge in [0.05, 0.1) is 17.2 Å². The van der Waals surface area contributed by atoms with Gasteiger partial charge in [-0.15, -0.1) is 0 Å². The normalized spacial score (nSPS) is 16.2. The molecule has 6 heteroatoms. The molecule has 1 aromatic carbocycles. The lowest BCUT2D eigenvalue weighted by Gasteiger charge is -2.11. The van der Waals surface area contributed by atoms with E-state index in [4.69, 9.17) is 4.74 Å². The fraction of sp³-hybridized carbons (Fsp3) is 0.350. The van der Waals surface area contributed by atoms with Crippen molar-refractivity contribution in [1.82, 2.24) is 15.6 Å². The van der Waals surface area contributed by atoms with E-state index >= 15 is 0 Å². The van der Waals surface area contributed by atoms with Gasteiger partial charge in [-0.2, -0.15) is 0 Å². The van der Waals surface area contributed by atoms with Crippen molar-refractivity contribution >= 4 is 11.8 Å². The minimum atomic E-state index is -0.244. The van der Waals surface area contributed by atoms with Crippen LogP contribution in [0.4, 0.5) is 0 Å². The average Bonchev–Trinajstić information content (AvgIpc) is 3.20. The van der Waals surface area contributed by atoms with E-state index in [-0.39, 0.29) is 17.9 Å². The van der Waals surface area contributed by atoms with Crippen LogP contribution >= 0.6 is 0 Å². The Labute approximate surface area is 153 Å². The van der Waals surface area contributed by atoms with E-state index < -0.39 is 0 Å². The smallest absolute Gasteiger partial charge is 0.252 e. The zero-order valence-corrected chi connectivity index (χ0v) is 14.6. The van der Waals surface area contributed by atoms with E-state index in [1.807, 2.05) is 30.3 Å². The highest BCUT2D eigenvalue weighted by Crippen LogP contribution is 2.11. The Kier molecular flexibility index (Phi) is 6.33. The van der Waals surface area contributed by atoms with Crippen molar-refractivity contribution in [1.29, 1.82) is 0 Å². The first-order valence-electron chi connectivity index (χ1n) is 8.89. The van der Waals surface area contributed by atoms with Crippen LogP contribution in [0, 0.1) is 0 Å². The molecule has 0 bridgehead atoms. The number of rotatable bonds is 7. The predicted molar refractivity (Wildman–Crippen MR) is 98.0 cm³/mol. The second kappa shape index (κ2) is 9.10. The molecule has 1 unspecified atom stereocenters. The van der Waals surface area contributed by atoms with Crippen molar-refractivity contribution < 1.29 is 14.3 Å². The van der Waals surface area contributed by atoms with E-state index in [0.717, 1.165) is 31.4 Å². The van der Waals surface area contributed by atoms with Gasteiger partial charge in [-0.25, -0.2) is 0 Å². The molecule has 1 aliphatic rings. The van der Waals surface area contributed by atoms with Gasteiger partial charge in [0.15, 0.2) is 0 Å². The van der Waals surface area contributed by atoms with Gasteiger partial charge < -0.3 is 15.4 Å². The van der Waals surface area contributed by atoms with Gasteiger partial charge in [0.25, 0.3) is 11.8 Å². The number of nitrogens with zero attached hydrogens (tertiary/aromatic N) is 1. The molecule has 0 radical (unpaired) electrons. The van der Waals surface area contributed by atoms with Gasteiger partial charge in [0, 0.05) is 32.1 Å². The summed E-state index contributed by atoms with van der Waals surface area (Å²) in [5.41, 5.74) is 1.91. The van der Waals surface area contributed by atoms with Crippen LogP contribution in [0.3, 0.4) is 0 Å². The molecule has 0 saturated carbocycles. The summed E-state index contributed by atoms with van der Waals surface area (Å²) >= 11 is 0. The summed E-state index contributed by atoms with van der Waals surface area (Å²) < 4.78 is 5.49. The standard InChI is InChI=1S/C20H23N3O3/c24-19(22-9-8-15-5-2-1-3-6-15)16-11-17(13-21-12-16)20(25)23-14-18-7-4-10-26-18/h1-3,5-6,11-13,18H,4,7-10,14H2,(H,22,24)(H,23,25). The minimum absolute atomic E-state index is 0.0800. The molecule has 1 aliphatic heterocycles. The van der Waals surface area contributed by atoms with Crippen LogP contribution in [0.1, 0.15) is 39.1 Å². The van der Waals surface area contributed by atoms with Gasteiger partial charge in [-0.1, -0.05) is 30.3 Å². The largest absolute Gasteiger partial charge is 0.376 e. The molecule has 2 amide bonds. The molecule has 136 valence electrons. The number of carbonyl (C=O) groups excluding carboxylic acids is 2. The Morgan fingerprint density at radius 3 is 2.50 bits per heavy atom. The van der Waals surface area contributed by atoms with Crippen LogP contribution in [0.15, 0.2) is 48.8 Å². The number of pyridine rings is 1. The Hall–Kier alpha value is -2.73. The number of ether oxygens (including phenoxy) is 1. The quantitative estimate of drug-likeness (QED) is 0.797. The summed E-state index contributed by atoms with van der Waals surface area (Å²) in [4.78, 5) is 28.5. The Morgan fingerprint density at radius 2 is 1.81 bits per heavy atom. The summed E-state index contributed by atoms with van der Waals surface area (Å²) in [5, 5.41) is 5.70. The third-order valence-electron chi connectivity index (χ3n) is 4.32. The van der Waals surface area contributed by atoms with E-state index in [2.05, 4.69) is 15.6 Å². The molecule has 0 aliphatic carbocycles. The van der Waals surface area contributed by atoms with Gasteiger partial charge in [-0.3, -0.25) is 14.6 Å². The summed E-state index contributed by atoms with van der Waals surface area (Å²) in [5.74, 6) is -0.478. The van der Waals surface area contributed by atoms with Crippen molar-refractivity contribution in [3.8, 4) is 0 Å².